The molecule has 0 amide bonds. The van der Waals surface area contributed by atoms with Crippen LogP contribution in [0.3, 0.4) is 0 Å². The van der Waals surface area contributed by atoms with Crippen molar-refractivity contribution in [2.45, 2.75) is 32.7 Å². The van der Waals surface area contributed by atoms with E-state index in [1.807, 2.05) is 0 Å². The molecule has 102 valence electrons. The van der Waals surface area contributed by atoms with Gasteiger partial charge in [0.25, 0.3) is 0 Å². The van der Waals surface area contributed by atoms with Crippen LogP contribution < -0.4 is 5.32 Å². The summed E-state index contributed by atoms with van der Waals surface area (Å²) in [6.45, 7) is 6.39. The predicted octanol–water partition coefficient (Wildman–Crippen LogP) is 4.00. The molecular weight excluding hydrogens is 337 g/mol. The molecule has 3 heteroatoms. The molecule has 0 aliphatic carbocycles. The molecule has 1 N–H and O–H groups in total. The molecule has 2 nitrogen and oxygen atoms in total. The Hall–Kier alpha value is -0.130. The zero-order valence-electron chi connectivity index (χ0n) is 11.6. The second-order valence-electron chi connectivity index (χ2n) is 4.74. The fraction of sp³-hybridized carbons (Fsp3) is 0.600. The molecule has 2 unspecified atom stereocenters. The first-order chi connectivity index (χ1) is 8.69. The fourth-order valence-electron chi connectivity index (χ4n) is 2.09. The number of hydrogen-bond donors (Lipinski definition) is 1. The molecule has 0 saturated carbocycles. The minimum Gasteiger partial charge on any atom is -0.385 e. The monoisotopic (exact) mass is 361 g/mol. The normalized spacial score (nSPS) is 14.4. The fourth-order valence-corrected chi connectivity index (χ4v) is 2.45. The highest BCUT2D eigenvalue weighted by molar-refractivity contribution is 14.1. The topological polar surface area (TPSA) is 21.3 Å². The molecule has 1 aromatic carbocycles. The molecule has 0 saturated heterocycles. The molecule has 1 aromatic rings. The number of hydrogen-bond acceptors (Lipinski definition) is 2. The van der Waals surface area contributed by atoms with Gasteiger partial charge in [0.2, 0.25) is 0 Å². The van der Waals surface area contributed by atoms with Crippen LogP contribution in [0.4, 0.5) is 0 Å². The number of halogens is 1. The van der Waals surface area contributed by atoms with E-state index >= 15 is 0 Å². The molecule has 1 rings (SSSR count). The van der Waals surface area contributed by atoms with Gasteiger partial charge in [-0.05, 0) is 65.6 Å². The van der Waals surface area contributed by atoms with E-state index in [-0.39, 0.29) is 0 Å². The van der Waals surface area contributed by atoms with Crippen LogP contribution in [0.15, 0.2) is 24.3 Å². The molecule has 0 aromatic heterocycles. The van der Waals surface area contributed by atoms with Crippen molar-refractivity contribution in [3.05, 3.63) is 33.4 Å². The third-order valence-electron chi connectivity index (χ3n) is 3.19. The lowest BCUT2D eigenvalue weighted by Crippen LogP contribution is -2.28. The zero-order chi connectivity index (χ0) is 13.4. The largest absolute Gasteiger partial charge is 0.385 e. The second-order valence-corrected chi connectivity index (χ2v) is 5.99. The average Bonchev–Trinajstić information content (AvgIpc) is 2.38. The van der Waals surface area contributed by atoms with Crippen LogP contribution in [0, 0.1) is 9.49 Å². The van der Waals surface area contributed by atoms with E-state index in [0.717, 1.165) is 26.0 Å². The van der Waals surface area contributed by atoms with E-state index in [1.165, 1.54) is 9.13 Å². The van der Waals surface area contributed by atoms with Gasteiger partial charge in [-0.15, -0.1) is 0 Å². The van der Waals surface area contributed by atoms with Crippen LogP contribution in [-0.2, 0) is 4.74 Å². The Labute approximate surface area is 125 Å². The Morgan fingerprint density at radius 3 is 2.50 bits per heavy atom. The van der Waals surface area contributed by atoms with Crippen molar-refractivity contribution >= 4 is 22.6 Å². The Balaban J connectivity index is 2.73. The molecule has 18 heavy (non-hydrogen) atoms. The first-order valence-electron chi connectivity index (χ1n) is 6.66. The summed E-state index contributed by atoms with van der Waals surface area (Å²) in [7, 11) is 1.77. The summed E-state index contributed by atoms with van der Waals surface area (Å²) in [4.78, 5) is 0. The molecule has 2 atom stereocenters. The first kappa shape index (κ1) is 15.9. The highest BCUT2D eigenvalue weighted by Gasteiger charge is 2.18. The molecule has 0 fully saturated rings. The van der Waals surface area contributed by atoms with Gasteiger partial charge in [-0.1, -0.05) is 26.0 Å². The quantitative estimate of drug-likeness (QED) is 0.707. The van der Waals surface area contributed by atoms with Crippen LogP contribution in [-0.4, -0.2) is 20.3 Å². The maximum atomic E-state index is 5.19. The highest BCUT2D eigenvalue weighted by Crippen LogP contribution is 2.25. The SMILES string of the molecule is CCCNC(c1ccc(I)cc1)C(C)CCOC. The molecule has 0 aliphatic heterocycles. The summed E-state index contributed by atoms with van der Waals surface area (Å²) in [6, 6.07) is 9.26. The number of methoxy groups -OCH3 is 1. The molecule has 0 spiro atoms. The molecule has 0 bridgehead atoms. The summed E-state index contributed by atoms with van der Waals surface area (Å²) < 4.78 is 6.48. The molecular formula is C15H24INO. The van der Waals surface area contributed by atoms with Crippen molar-refractivity contribution in [2.75, 3.05) is 20.3 Å². The summed E-state index contributed by atoms with van der Waals surface area (Å²) in [5.74, 6) is 0.580. The smallest absolute Gasteiger partial charge is 0.0465 e. The van der Waals surface area contributed by atoms with Gasteiger partial charge >= 0.3 is 0 Å². The van der Waals surface area contributed by atoms with E-state index < -0.39 is 0 Å². The molecule has 0 heterocycles. The number of rotatable bonds is 8. The van der Waals surface area contributed by atoms with Crippen molar-refractivity contribution in [3.63, 3.8) is 0 Å². The van der Waals surface area contributed by atoms with Crippen molar-refractivity contribution in [1.29, 1.82) is 0 Å². The first-order valence-corrected chi connectivity index (χ1v) is 7.74. The standard InChI is InChI=1S/C15H24INO/c1-4-10-17-15(12(2)9-11-18-3)13-5-7-14(16)8-6-13/h5-8,12,15,17H,4,9-11H2,1-3H3. The van der Waals surface area contributed by atoms with Gasteiger partial charge in [0.1, 0.15) is 0 Å². The lowest BCUT2D eigenvalue weighted by atomic mass is 9.92. The number of benzene rings is 1. The third-order valence-corrected chi connectivity index (χ3v) is 3.91. The number of ether oxygens (including phenoxy) is 1. The lowest BCUT2D eigenvalue weighted by molar-refractivity contribution is 0.170. The Kier molecular flexibility index (Phi) is 7.86. The molecule has 0 aliphatic rings. The maximum absolute atomic E-state index is 5.19. The van der Waals surface area contributed by atoms with Crippen LogP contribution in [0.1, 0.15) is 38.3 Å². The van der Waals surface area contributed by atoms with Gasteiger partial charge in [0.15, 0.2) is 0 Å². The summed E-state index contributed by atoms with van der Waals surface area (Å²) >= 11 is 2.35. The van der Waals surface area contributed by atoms with Gasteiger partial charge < -0.3 is 10.1 Å². The van der Waals surface area contributed by atoms with Crippen LogP contribution in [0.2, 0.25) is 0 Å². The van der Waals surface area contributed by atoms with E-state index in [4.69, 9.17) is 4.74 Å². The third kappa shape index (κ3) is 5.24. The Morgan fingerprint density at radius 2 is 1.94 bits per heavy atom. The molecule has 0 radical (unpaired) electrons. The van der Waals surface area contributed by atoms with Crippen molar-refractivity contribution < 1.29 is 4.74 Å². The van der Waals surface area contributed by atoms with E-state index in [0.29, 0.717) is 12.0 Å². The van der Waals surface area contributed by atoms with Gasteiger partial charge in [0, 0.05) is 23.3 Å². The van der Waals surface area contributed by atoms with E-state index in [2.05, 4.69) is 66.0 Å². The predicted molar refractivity (Wildman–Crippen MR) is 85.9 cm³/mol. The van der Waals surface area contributed by atoms with E-state index in [9.17, 15) is 0 Å². The highest BCUT2D eigenvalue weighted by atomic mass is 127. The Morgan fingerprint density at radius 1 is 1.28 bits per heavy atom. The second kappa shape index (κ2) is 8.88. The minimum absolute atomic E-state index is 0.428. The lowest BCUT2D eigenvalue weighted by Gasteiger charge is -2.25. The Bertz CT molecular complexity index is 326. The average molecular weight is 361 g/mol. The van der Waals surface area contributed by atoms with Crippen LogP contribution in [0.25, 0.3) is 0 Å². The van der Waals surface area contributed by atoms with Crippen molar-refractivity contribution in [1.82, 2.24) is 5.32 Å². The maximum Gasteiger partial charge on any atom is 0.0465 e. The van der Waals surface area contributed by atoms with Crippen LogP contribution >= 0.6 is 22.6 Å². The van der Waals surface area contributed by atoms with Crippen molar-refractivity contribution in [2.24, 2.45) is 5.92 Å². The van der Waals surface area contributed by atoms with Gasteiger partial charge in [-0.2, -0.15) is 0 Å². The van der Waals surface area contributed by atoms with E-state index in [1.54, 1.807) is 7.11 Å². The van der Waals surface area contributed by atoms with Crippen molar-refractivity contribution in [3.8, 4) is 0 Å². The summed E-state index contributed by atoms with van der Waals surface area (Å²) in [5, 5.41) is 3.66. The minimum atomic E-state index is 0.428. The van der Waals surface area contributed by atoms with Gasteiger partial charge in [-0.25, -0.2) is 0 Å². The zero-order valence-corrected chi connectivity index (χ0v) is 13.7. The summed E-state index contributed by atoms with van der Waals surface area (Å²) in [5.41, 5.74) is 1.38. The van der Waals surface area contributed by atoms with Crippen LogP contribution in [0.5, 0.6) is 0 Å². The summed E-state index contributed by atoms with van der Waals surface area (Å²) in [6.07, 6.45) is 2.25. The van der Waals surface area contributed by atoms with Gasteiger partial charge in [-0.3, -0.25) is 0 Å². The number of nitrogens with one attached hydrogen (secondary N) is 1. The van der Waals surface area contributed by atoms with Gasteiger partial charge in [0.05, 0.1) is 0 Å².